The molecule has 68 heavy (non-hydrogen) atoms. The lowest BCUT2D eigenvalue weighted by atomic mass is 9.99. The van der Waals surface area contributed by atoms with Gasteiger partial charge in [0.1, 0.15) is 0 Å². The molecule has 0 bridgehead atoms. The zero-order valence-electron chi connectivity index (χ0n) is 38.3. The molecule has 0 saturated carbocycles. The number of nitrogens with zero attached hydrogens (tertiary/aromatic N) is 2. The molecule has 0 saturated heterocycles. The van der Waals surface area contributed by atoms with Gasteiger partial charge in [-0.2, -0.15) is 0 Å². The number of hydrogen-bond acceptors (Lipinski definition) is 6. The fraction of sp³-hybridized carbons (Fsp3) is 0.0645. The highest BCUT2D eigenvalue weighted by Crippen LogP contribution is 2.42. The summed E-state index contributed by atoms with van der Waals surface area (Å²) in [6.07, 6.45) is 0. The van der Waals surface area contributed by atoms with Gasteiger partial charge in [-0.25, -0.2) is 0 Å². The van der Waals surface area contributed by atoms with E-state index >= 15 is 0 Å². The van der Waals surface area contributed by atoms with Gasteiger partial charge in [0, 0.05) is 73.1 Å². The van der Waals surface area contributed by atoms with E-state index in [-0.39, 0.29) is 0 Å². The maximum absolute atomic E-state index is 2.35. The minimum absolute atomic E-state index is 1.11. The predicted octanol–water partition coefficient (Wildman–Crippen LogP) is 20.1. The van der Waals surface area contributed by atoms with Crippen molar-refractivity contribution in [2.24, 2.45) is 0 Å². The van der Waals surface area contributed by atoms with Crippen molar-refractivity contribution in [1.82, 2.24) is 0 Å². The van der Waals surface area contributed by atoms with E-state index in [1.165, 1.54) is 83.5 Å². The molecule has 0 unspecified atom stereocenters. The summed E-state index contributed by atoms with van der Waals surface area (Å²) in [5.74, 6) is 0. The average molecular weight is 949 g/mol. The summed E-state index contributed by atoms with van der Waals surface area (Å²) in [5, 5.41) is 0. The molecule has 0 atom stereocenters. The van der Waals surface area contributed by atoms with Crippen LogP contribution < -0.4 is 9.80 Å². The second-order valence-electron chi connectivity index (χ2n) is 17.2. The smallest absolute Gasteiger partial charge is 0.0462 e. The van der Waals surface area contributed by atoms with Crippen molar-refractivity contribution in [3.05, 3.63) is 238 Å². The van der Waals surface area contributed by atoms with E-state index in [9.17, 15) is 0 Å². The van der Waals surface area contributed by atoms with Crippen LogP contribution in [0.25, 0.3) is 64.0 Å². The highest BCUT2D eigenvalue weighted by atomic mass is 32.1. The Bertz CT molecular complexity index is 3040. The molecule has 0 aliphatic rings. The number of aryl methyl sites for hydroxylation is 4. The van der Waals surface area contributed by atoms with Crippen LogP contribution in [0, 0.1) is 27.7 Å². The third kappa shape index (κ3) is 9.16. The standard InChI is InChI=1S/C62H48N2S4/c1-41-5-37-59(65-41)49-17-29-55(30-18-49)63(56-31-19-50(20-32-56)60-38-6-42(2)66-60)53-25-13-47(14-26-53)45-9-11-46(12-10-45)48-15-27-54(28-16-48)64(57-33-21-51(22-34-57)61-39-7-43(3)67-61)58-35-23-52(24-36-58)62-40-8-44(4)68-62/h5-40H,1-4H3. The Morgan fingerprint density at radius 3 is 0.515 bits per heavy atom. The Morgan fingerprint density at radius 2 is 0.353 bits per heavy atom. The van der Waals surface area contributed by atoms with Crippen molar-refractivity contribution in [3.63, 3.8) is 0 Å². The maximum Gasteiger partial charge on any atom is 0.0462 e. The second kappa shape index (κ2) is 18.9. The van der Waals surface area contributed by atoms with Crippen LogP contribution >= 0.6 is 45.3 Å². The minimum Gasteiger partial charge on any atom is -0.311 e. The number of hydrogen-bond donors (Lipinski definition) is 0. The van der Waals surface area contributed by atoms with E-state index < -0.39 is 0 Å². The highest BCUT2D eigenvalue weighted by Gasteiger charge is 2.17. The van der Waals surface area contributed by atoms with Crippen LogP contribution in [0.3, 0.4) is 0 Å². The SMILES string of the molecule is Cc1ccc(-c2ccc(N(c3ccc(-c4ccc(-c5ccc(N(c6ccc(-c7ccc(C)s7)cc6)c6ccc(-c7ccc(C)s7)cc6)cc5)cc4)cc3)c3ccc(-c4ccc(C)s4)cc3)cc2)s1. The Balaban J connectivity index is 0.851. The van der Waals surface area contributed by atoms with Gasteiger partial charge in [0.25, 0.3) is 0 Å². The maximum atomic E-state index is 2.35. The van der Waals surface area contributed by atoms with E-state index in [0.29, 0.717) is 0 Å². The van der Waals surface area contributed by atoms with Gasteiger partial charge >= 0.3 is 0 Å². The Labute approximate surface area is 416 Å². The van der Waals surface area contributed by atoms with Crippen LogP contribution in [0.1, 0.15) is 19.5 Å². The highest BCUT2D eigenvalue weighted by molar-refractivity contribution is 7.16. The van der Waals surface area contributed by atoms with Crippen LogP contribution in [-0.2, 0) is 0 Å². The van der Waals surface area contributed by atoms with Gasteiger partial charge in [0.2, 0.25) is 0 Å². The van der Waals surface area contributed by atoms with Crippen LogP contribution in [0.2, 0.25) is 0 Å². The monoisotopic (exact) mass is 948 g/mol. The molecule has 0 N–H and O–H groups in total. The first kappa shape index (κ1) is 43.5. The molecule has 7 aromatic carbocycles. The predicted molar refractivity (Wildman–Crippen MR) is 299 cm³/mol. The van der Waals surface area contributed by atoms with Gasteiger partial charge < -0.3 is 9.80 Å². The Morgan fingerprint density at radius 1 is 0.191 bits per heavy atom. The van der Waals surface area contributed by atoms with Crippen LogP contribution in [0.5, 0.6) is 0 Å². The largest absolute Gasteiger partial charge is 0.311 e. The molecular weight excluding hydrogens is 901 g/mol. The molecule has 0 amide bonds. The summed E-state index contributed by atoms with van der Waals surface area (Å²) in [5.41, 5.74) is 16.4. The molecule has 0 fully saturated rings. The van der Waals surface area contributed by atoms with E-state index in [1.54, 1.807) is 0 Å². The second-order valence-corrected chi connectivity index (χ2v) is 22.3. The van der Waals surface area contributed by atoms with Crippen molar-refractivity contribution >= 4 is 79.5 Å². The number of rotatable bonds is 12. The van der Waals surface area contributed by atoms with Crippen LogP contribution in [0.15, 0.2) is 218 Å². The fourth-order valence-electron chi connectivity index (χ4n) is 8.81. The molecule has 4 aromatic heterocycles. The third-order valence-corrected chi connectivity index (χ3v) is 16.6. The molecule has 0 aliphatic carbocycles. The first-order chi connectivity index (χ1) is 33.3. The summed E-state index contributed by atoms with van der Waals surface area (Å²) in [7, 11) is 0. The number of benzene rings is 7. The average Bonchev–Trinajstić information content (AvgIpc) is 4.23. The minimum atomic E-state index is 1.11. The molecule has 4 heterocycles. The van der Waals surface area contributed by atoms with E-state index in [1.807, 2.05) is 45.3 Å². The summed E-state index contributed by atoms with van der Waals surface area (Å²) < 4.78 is 0. The van der Waals surface area contributed by atoms with Crippen molar-refractivity contribution in [1.29, 1.82) is 0 Å². The molecule has 6 heteroatoms. The normalized spacial score (nSPS) is 11.2. The summed E-state index contributed by atoms with van der Waals surface area (Å²) in [6, 6.07) is 80.4. The summed E-state index contributed by atoms with van der Waals surface area (Å²) in [6.45, 7) is 8.66. The molecule has 330 valence electrons. The van der Waals surface area contributed by atoms with Crippen molar-refractivity contribution in [2.75, 3.05) is 9.80 Å². The van der Waals surface area contributed by atoms with Gasteiger partial charge in [-0.1, -0.05) is 97.1 Å². The first-order valence-corrected chi connectivity index (χ1v) is 26.1. The number of anilines is 6. The fourth-order valence-corrected chi connectivity index (χ4v) is 12.3. The Hall–Kier alpha value is -7.06. The van der Waals surface area contributed by atoms with Gasteiger partial charge in [0.15, 0.2) is 0 Å². The lowest BCUT2D eigenvalue weighted by Gasteiger charge is -2.26. The van der Waals surface area contributed by atoms with E-state index in [4.69, 9.17) is 0 Å². The molecule has 0 radical (unpaired) electrons. The van der Waals surface area contributed by atoms with Crippen LogP contribution in [-0.4, -0.2) is 0 Å². The molecule has 11 rings (SSSR count). The van der Waals surface area contributed by atoms with E-state index in [0.717, 1.165) is 34.1 Å². The third-order valence-electron chi connectivity index (χ3n) is 12.4. The number of thiophene rings is 4. The zero-order valence-corrected chi connectivity index (χ0v) is 41.6. The van der Waals surface area contributed by atoms with Crippen molar-refractivity contribution in [2.45, 2.75) is 27.7 Å². The lowest BCUT2D eigenvalue weighted by Crippen LogP contribution is -2.09. The molecular formula is C62H48N2S4. The van der Waals surface area contributed by atoms with Gasteiger partial charge in [-0.05, 0) is 194 Å². The first-order valence-electron chi connectivity index (χ1n) is 22.9. The van der Waals surface area contributed by atoms with Gasteiger partial charge in [-0.15, -0.1) is 45.3 Å². The molecule has 11 aromatic rings. The quantitative estimate of drug-likeness (QED) is 0.120. The molecule has 2 nitrogen and oxygen atoms in total. The lowest BCUT2D eigenvalue weighted by molar-refractivity contribution is 1.28. The summed E-state index contributed by atoms with van der Waals surface area (Å²) >= 11 is 7.34. The van der Waals surface area contributed by atoms with Crippen molar-refractivity contribution in [3.8, 4) is 64.0 Å². The van der Waals surface area contributed by atoms with Gasteiger partial charge in [-0.3, -0.25) is 0 Å². The molecule has 0 aliphatic heterocycles. The van der Waals surface area contributed by atoms with Crippen molar-refractivity contribution < 1.29 is 0 Å². The van der Waals surface area contributed by atoms with Crippen LogP contribution in [0.4, 0.5) is 34.1 Å². The van der Waals surface area contributed by atoms with E-state index in [2.05, 4.69) is 256 Å². The summed E-state index contributed by atoms with van der Waals surface area (Å²) in [4.78, 5) is 15.2. The zero-order chi connectivity index (χ0) is 46.1. The van der Waals surface area contributed by atoms with Gasteiger partial charge in [0.05, 0.1) is 0 Å². The Kier molecular flexibility index (Phi) is 12.1. The topological polar surface area (TPSA) is 6.48 Å². The molecule has 0 spiro atoms.